The molecule has 1 heterocycles. The third-order valence-corrected chi connectivity index (χ3v) is 4.69. The molecule has 128 valence electrons. The minimum atomic E-state index is -0.567. The number of benzene rings is 1. The second kappa shape index (κ2) is 6.73. The number of amides is 1. The van der Waals surface area contributed by atoms with Crippen LogP contribution in [0.2, 0.25) is 0 Å². The summed E-state index contributed by atoms with van der Waals surface area (Å²) in [5, 5.41) is 10.6. The molecule has 1 aliphatic carbocycles. The molecule has 0 spiro atoms. The van der Waals surface area contributed by atoms with E-state index in [4.69, 9.17) is 0 Å². The van der Waals surface area contributed by atoms with Crippen molar-refractivity contribution in [2.75, 3.05) is 0 Å². The quantitative estimate of drug-likeness (QED) is 0.896. The van der Waals surface area contributed by atoms with Crippen molar-refractivity contribution in [2.45, 2.75) is 51.8 Å². The Kier molecular flexibility index (Phi) is 4.66. The monoisotopic (exact) mass is 329 g/mol. The number of hydrogen-bond acceptors (Lipinski definition) is 4. The van der Waals surface area contributed by atoms with E-state index >= 15 is 0 Å². The lowest BCUT2D eigenvalue weighted by molar-refractivity contribution is -0.140. The van der Waals surface area contributed by atoms with Crippen LogP contribution in [0.3, 0.4) is 0 Å². The van der Waals surface area contributed by atoms with E-state index in [1.54, 1.807) is 23.1 Å². The summed E-state index contributed by atoms with van der Waals surface area (Å²) in [6.45, 7) is 4.09. The van der Waals surface area contributed by atoms with Crippen LogP contribution in [0.5, 0.6) is 0 Å². The molecule has 6 nitrogen and oxygen atoms in total. The maximum atomic E-state index is 12.8. The van der Waals surface area contributed by atoms with Crippen LogP contribution >= 0.6 is 0 Å². The molecule has 0 saturated heterocycles. The number of aromatic amines is 1. The highest BCUT2D eigenvalue weighted by Gasteiger charge is 2.35. The van der Waals surface area contributed by atoms with Gasteiger partial charge in [-0.05, 0) is 45.2 Å². The summed E-state index contributed by atoms with van der Waals surface area (Å²) < 4.78 is 0. The molecule has 0 radical (unpaired) electrons. The lowest BCUT2D eigenvalue weighted by Crippen LogP contribution is -2.43. The summed E-state index contributed by atoms with van der Waals surface area (Å²) in [6.07, 6.45) is 1.69. The maximum absolute atomic E-state index is 12.8. The third-order valence-electron chi connectivity index (χ3n) is 4.69. The highest BCUT2D eigenvalue weighted by molar-refractivity contribution is 5.80. The Morgan fingerprint density at radius 2 is 2.12 bits per heavy atom. The Morgan fingerprint density at radius 1 is 1.38 bits per heavy atom. The van der Waals surface area contributed by atoms with E-state index in [9.17, 15) is 14.7 Å². The van der Waals surface area contributed by atoms with Gasteiger partial charge in [0, 0.05) is 6.04 Å². The maximum Gasteiger partial charge on any atom is 0.258 e. The van der Waals surface area contributed by atoms with Crippen molar-refractivity contribution in [2.24, 2.45) is 5.92 Å². The minimum absolute atomic E-state index is 0.0397. The van der Waals surface area contributed by atoms with Gasteiger partial charge < -0.3 is 15.0 Å². The second-order valence-electron chi connectivity index (χ2n) is 6.69. The molecule has 24 heavy (non-hydrogen) atoms. The van der Waals surface area contributed by atoms with Crippen molar-refractivity contribution in [1.29, 1.82) is 0 Å². The molecule has 1 amide bonds. The molecule has 2 atom stereocenters. The molecule has 1 saturated carbocycles. The van der Waals surface area contributed by atoms with Crippen molar-refractivity contribution >= 4 is 16.8 Å². The lowest BCUT2D eigenvalue weighted by Gasteiger charge is -2.30. The van der Waals surface area contributed by atoms with E-state index < -0.39 is 6.10 Å². The van der Waals surface area contributed by atoms with Crippen molar-refractivity contribution in [3.8, 4) is 0 Å². The van der Waals surface area contributed by atoms with E-state index in [-0.39, 0.29) is 30.0 Å². The zero-order valence-corrected chi connectivity index (χ0v) is 14.0. The molecule has 2 aromatic rings. The number of fused-ring (bicyclic) bond motifs is 1. The highest BCUT2D eigenvalue weighted by atomic mass is 16.3. The zero-order valence-electron chi connectivity index (χ0n) is 14.0. The van der Waals surface area contributed by atoms with Gasteiger partial charge in [0.25, 0.3) is 5.56 Å². The normalized spacial score (nSPS) is 20.7. The Labute approximate surface area is 140 Å². The molecule has 1 fully saturated rings. The molecule has 2 unspecified atom stereocenters. The van der Waals surface area contributed by atoms with Gasteiger partial charge in [0.2, 0.25) is 5.91 Å². The molecular weight excluding hydrogens is 306 g/mol. The second-order valence-corrected chi connectivity index (χ2v) is 6.69. The van der Waals surface area contributed by atoms with Crippen LogP contribution in [0.1, 0.15) is 38.9 Å². The fourth-order valence-electron chi connectivity index (χ4n) is 3.33. The van der Waals surface area contributed by atoms with Crippen LogP contribution in [-0.2, 0) is 11.3 Å². The Balaban J connectivity index is 1.88. The van der Waals surface area contributed by atoms with Gasteiger partial charge >= 0.3 is 0 Å². The SMILES string of the molecule is CC(C)N(Cc1nc2ccccc2c(=O)[nH]1)C(=O)C1CCCC1O. The number of hydrogen-bond donors (Lipinski definition) is 2. The predicted octanol–water partition coefficient (Wildman–Crippen LogP) is 1.82. The molecule has 0 aliphatic heterocycles. The molecule has 3 rings (SSSR count). The number of aliphatic hydroxyl groups excluding tert-OH is 1. The number of nitrogens with one attached hydrogen (secondary N) is 1. The summed E-state index contributed by atoms with van der Waals surface area (Å²) in [5.41, 5.74) is 0.418. The van der Waals surface area contributed by atoms with E-state index in [0.717, 1.165) is 6.42 Å². The number of carbonyl (C=O) groups excluding carboxylic acids is 1. The van der Waals surface area contributed by atoms with Crippen LogP contribution in [0, 0.1) is 5.92 Å². The van der Waals surface area contributed by atoms with Gasteiger partial charge in [-0.3, -0.25) is 9.59 Å². The molecule has 1 aliphatic rings. The number of H-pyrrole nitrogens is 1. The molecule has 1 aromatic carbocycles. The number of nitrogens with zero attached hydrogens (tertiary/aromatic N) is 2. The predicted molar refractivity (Wildman–Crippen MR) is 91.4 cm³/mol. The average molecular weight is 329 g/mol. The summed E-state index contributed by atoms with van der Waals surface area (Å²) >= 11 is 0. The topological polar surface area (TPSA) is 86.3 Å². The van der Waals surface area contributed by atoms with Crippen molar-refractivity contribution in [3.05, 3.63) is 40.4 Å². The summed E-state index contributed by atoms with van der Waals surface area (Å²) in [4.78, 5) is 33.9. The first-order valence-electron chi connectivity index (χ1n) is 8.44. The first-order chi connectivity index (χ1) is 11.5. The fraction of sp³-hybridized carbons (Fsp3) is 0.500. The van der Waals surface area contributed by atoms with Crippen LogP contribution in [0.4, 0.5) is 0 Å². The first-order valence-corrected chi connectivity index (χ1v) is 8.44. The third kappa shape index (κ3) is 3.19. The summed E-state index contributed by atoms with van der Waals surface area (Å²) in [7, 11) is 0. The van der Waals surface area contributed by atoms with Crippen molar-refractivity contribution in [3.63, 3.8) is 0 Å². The molecular formula is C18H23N3O3. The van der Waals surface area contributed by atoms with Gasteiger partial charge in [-0.25, -0.2) is 4.98 Å². The van der Waals surface area contributed by atoms with Crippen molar-refractivity contribution in [1.82, 2.24) is 14.9 Å². The average Bonchev–Trinajstić information content (AvgIpc) is 2.98. The number of aliphatic hydroxyl groups is 1. The van der Waals surface area contributed by atoms with Gasteiger partial charge in [-0.2, -0.15) is 0 Å². The molecule has 1 aromatic heterocycles. The molecule has 6 heteroatoms. The zero-order chi connectivity index (χ0) is 17.3. The summed E-state index contributed by atoms with van der Waals surface area (Å²) in [6, 6.07) is 7.10. The largest absolute Gasteiger partial charge is 0.392 e. The Bertz CT molecular complexity index is 799. The van der Waals surface area contributed by atoms with Crippen LogP contribution in [-0.4, -0.2) is 38.0 Å². The van der Waals surface area contributed by atoms with Crippen LogP contribution < -0.4 is 5.56 Å². The van der Waals surface area contributed by atoms with Crippen LogP contribution in [0.25, 0.3) is 10.9 Å². The minimum Gasteiger partial charge on any atom is -0.392 e. The number of para-hydroxylation sites is 1. The Morgan fingerprint density at radius 3 is 2.79 bits per heavy atom. The number of aromatic nitrogens is 2. The lowest BCUT2D eigenvalue weighted by atomic mass is 10.0. The molecule has 0 bridgehead atoms. The van der Waals surface area contributed by atoms with Crippen LogP contribution in [0.15, 0.2) is 29.1 Å². The number of rotatable bonds is 4. The van der Waals surface area contributed by atoms with Gasteiger partial charge in [0.05, 0.1) is 29.5 Å². The summed E-state index contributed by atoms with van der Waals surface area (Å²) in [5.74, 6) is 0.0543. The van der Waals surface area contributed by atoms with Gasteiger partial charge in [-0.15, -0.1) is 0 Å². The highest BCUT2D eigenvalue weighted by Crippen LogP contribution is 2.28. The first kappa shape index (κ1) is 16.6. The number of carbonyl (C=O) groups is 1. The molecule has 2 N–H and O–H groups in total. The van der Waals surface area contributed by atoms with E-state index in [2.05, 4.69) is 9.97 Å². The van der Waals surface area contributed by atoms with E-state index in [1.807, 2.05) is 19.9 Å². The van der Waals surface area contributed by atoms with E-state index in [1.165, 1.54) is 0 Å². The van der Waals surface area contributed by atoms with Gasteiger partial charge in [-0.1, -0.05) is 12.1 Å². The Hall–Kier alpha value is -2.21. The van der Waals surface area contributed by atoms with Crippen molar-refractivity contribution < 1.29 is 9.90 Å². The van der Waals surface area contributed by atoms with Gasteiger partial charge in [0.1, 0.15) is 5.82 Å². The van der Waals surface area contributed by atoms with Gasteiger partial charge in [0.15, 0.2) is 0 Å². The smallest absolute Gasteiger partial charge is 0.258 e. The standard InChI is InChI=1S/C18H23N3O3/c1-11(2)21(18(24)13-7-5-9-15(13)22)10-16-19-14-8-4-3-6-12(14)17(23)20-16/h3-4,6,8,11,13,15,22H,5,7,9-10H2,1-2H3,(H,19,20,23). The fourth-order valence-corrected chi connectivity index (χ4v) is 3.33. The van der Waals surface area contributed by atoms with E-state index in [0.29, 0.717) is 29.6 Å².